The van der Waals surface area contributed by atoms with Gasteiger partial charge in [-0.3, -0.25) is 4.79 Å². The molecular weight excluding hydrogens is 381 g/mol. The van der Waals surface area contributed by atoms with Crippen LogP contribution in [0, 0.1) is 12.7 Å². The molecule has 5 nitrogen and oxygen atoms in total. The lowest BCUT2D eigenvalue weighted by Gasteiger charge is -2.17. The van der Waals surface area contributed by atoms with Crippen LogP contribution in [0.5, 0.6) is 0 Å². The second-order valence-electron chi connectivity index (χ2n) is 6.35. The lowest BCUT2D eigenvalue weighted by Crippen LogP contribution is -2.30. The number of esters is 1. The molecule has 0 N–H and O–H groups in total. The first-order valence-electron chi connectivity index (χ1n) is 8.62. The molecule has 0 atom stereocenters. The summed E-state index contributed by atoms with van der Waals surface area (Å²) in [6.45, 7) is 1.63. The summed E-state index contributed by atoms with van der Waals surface area (Å²) in [5, 5.41) is 0.504. The lowest BCUT2D eigenvalue weighted by molar-refractivity contribution is -0.133. The zero-order chi connectivity index (χ0) is 20.3. The summed E-state index contributed by atoms with van der Waals surface area (Å²) in [5.41, 5.74) is 1.46. The molecule has 0 aliphatic carbocycles. The Hall–Kier alpha value is -2.80. The van der Waals surface area contributed by atoms with E-state index in [1.54, 1.807) is 37.9 Å². The molecule has 28 heavy (non-hydrogen) atoms. The van der Waals surface area contributed by atoms with Gasteiger partial charge in [0, 0.05) is 29.4 Å². The van der Waals surface area contributed by atoms with Crippen molar-refractivity contribution in [2.75, 3.05) is 19.9 Å². The highest BCUT2D eigenvalue weighted by molar-refractivity contribution is 7.98. The number of nitrogens with zero attached hydrogens (tertiary/aromatic N) is 1. The fourth-order valence-electron chi connectivity index (χ4n) is 2.80. The van der Waals surface area contributed by atoms with Gasteiger partial charge in [0.05, 0.1) is 0 Å². The Kier molecular flexibility index (Phi) is 6.04. The third-order valence-corrected chi connectivity index (χ3v) is 5.18. The first-order chi connectivity index (χ1) is 13.4. The number of carbonyl (C=O) groups excluding carboxylic acids is 2. The second kappa shape index (κ2) is 8.48. The topological polar surface area (TPSA) is 59.8 Å². The Morgan fingerprint density at radius 3 is 2.54 bits per heavy atom. The van der Waals surface area contributed by atoms with Gasteiger partial charge < -0.3 is 14.1 Å². The summed E-state index contributed by atoms with van der Waals surface area (Å²) in [4.78, 5) is 27.2. The van der Waals surface area contributed by atoms with Crippen molar-refractivity contribution >= 4 is 34.6 Å². The van der Waals surface area contributed by atoms with Gasteiger partial charge in [0.15, 0.2) is 18.0 Å². The predicted octanol–water partition coefficient (Wildman–Crippen LogP) is 4.42. The van der Waals surface area contributed by atoms with Crippen LogP contribution in [0.3, 0.4) is 0 Å². The summed E-state index contributed by atoms with van der Waals surface area (Å²) in [6.07, 6.45) is 2.00. The van der Waals surface area contributed by atoms with Gasteiger partial charge in [-0.15, -0.1) is 11.8 Å². The van der Waals surface area contributed by atoms with Crippen LogP contribution in [0.15, 0.2) is 51.8 Å². The van der Waals surface area contributed by atoms with Crippen LogP contribution >= 0.6 is 11.8 Å². The third-order valence-electron chi connectivity index (χ3n) is 4.43. The summed E-state index contributed by atoms with van der Waals surface area (Å²) >= 11 is 1.64. The van der Waals surface area contributed by atoms with Crippen molar-refractivity contribution in [3.05, 3.63) is 65.2 Å². The van der Waals surface area contributed by atoms with Gasteiger partial charge >= 0.3 is 5.97 Å². The minimum absolute atomic E-state index is 0.00378. The number of para-hydroxylation sites is 1. The molecule has 2 aromatic carbocycles. The molecule has 0 spiro atoms. The molecule has 3 rings (SSSR count). The van der Waals surface area contributed by atoms with Crippen molar-refractivity contribution < 1.29 is 23.1 Å². The number of furan rings is 1. The van der Waals surface area contributed by atoms with Crippen LogP contribution in [-0.2, 0) is 16.1 Å². The molecule has 0 unspecified atom stereocenters. The highest BCUT2D eigenvalue weighted by atomic mass is 32.2. The number of amides is 1. The van der Waals surface area contributed by atoms with Crippen molar-refractivity contribution in [1.29, 1.82) is 0 Å². The summed E-state index contributed by atoms with van der Waals surface area (Å²) < 4.78 is 24.2. The van der Waals surface area contributed by atoms with Gasteiger partial charge in [0.1, 0.15) is 0 Å². The van der Waals surface area contributed by atoms with Gasteiger partial charge in [-0.1, -0.05) is 24.3 Å². The van der Waals surface area contributed by atoms with E-state index >= 15 is 0 Å². The van der Waals surface area contributed by atoms with Crippen molar-refractivity contribution in [3.63, 3.8) is 0 Å². The monoisotopic (exact) mass is 401 g/mol. The van der Waals surface area contributed by atoms with Crippen molar-refractivity contribution in [1.82, 2.24) is 4.90 Å². The number of halogens is 1. The zero-order valence-corrected chi connectivity index (χ0v) is 16.6. The molecule has 0 radical (unpaired) electrons. The Labute approximate surface area is 166 Å². The molecule has 0 fully saturated rings. The SMILES string of the molecule is CSc1ccc(CN(C)C(=O)COC(=O)c2oc3c(F)cccc3c2C)cc1. The van der Waals surface area contributed by atoms with Crippen LogP contribution in [0.4, 0.5) is 4.39 Å². The quantitative estimate of drug-likeness (QED) is 0.452. The van der Waals surface area contributed by atoms with Gasteiger partial charge in [0.25, 0.3) is 5.91 Å². The zero-order valence-electron chi connectivity index (χ0n) is 15.8. The molecule has 146 valence electrons. The number of hydrogen-bond donors (Lipinski definition) is 0. The average molecular weight is 401 g/mol. The van der Waals surface area contributed by atoms with Gasteiger partial charge in [-0.2, -0.15) is 0 Å². The molecule has 3 aromatic rings. The van der Waals surface area contributed by atoms with E-state index in [1.807, 2.05) is 30.5 Å². The van der Waals surface area contributed by atoms with E-state index in [9.17, 15) is 14.0 Å². The van der Waals surface area contributed by atoms with E-state index in [0.29, 0.717) is 17.5 Å². The highest BCUT2D eigenvalue weighted by Crippen LogP contribution is 2.27. The number of aryl methyl sites for hydroxylation is 1. The molecule has 0 aliphatic rings. The van der Waals surface area contributed by atoms with Gasteiger partial charge in [-0.05, 0) is 36.9 Å². The Bertz CT molecular complexity index is 1010. The summed E-state index contributed by atoms with van der Waals surface area (Å²) in [5.74, 6) is -1.78. The van der Waals surface area contributed by atoms with E-state index < -0.39 is 18.4 Å². The summed E-state index contributed by atoms with van der Waals surface area (Å²) in [6, 6.07) is 12.3. The average Bonchev–Trinajstić information content (AvgIpc) is 3.04. The molecule has 0 bridgehead atoms. The number of likely N-dealkylation sites (N-methyl/N-ethyl adjacent to an activating group) is 1. The molecule has 7 heteroatoms. The number of thioether (sulfide) groups is 1. The minimum Gasteiger partial charge on any atom is -0.450 e. The molecule has 0 saturated carbocycles. The molecule has 1 heterocycles. The molecule has 1 amide bonds. The van der Waals surface area contributed by atoms with Crippen LogP contribution in [0.2, 0.25) is 0 Å². The lowest BCUT2D eigenvalue weighted by atomic mass is 10.1. The van der Waals surface area contributed by atoms with Crippen LogP contribution in [0.25, 0.3) is 11.0 Å². The van der Waals surface area contributed by atoms with Crippen LogP contribution in [0.1, 0.15) is 21.7 Å². The maximum Gasteiger partial charge on any atom is 0.375 e. The van der Waals surface area contributed by atoms with E-state index in [2.05, 4.69) is 0 Å². The minimum atomic E-state index is -0.792. The predicted molar refractivity (Wildman–Crippen MR) is 106 cm³/mol. The maximum absolute atomic E-state index is 13.8. The van der Waals surface area contributed by atoms with Gasteiger partial charge in [0.2, 0.25) is 5.76 Å². The van der Waals surface area contributed by atoms with Crippen molar-refractivity contribution in [2.45, 2.75) is 18.4 Å². The number of benzene rings is 2. The van der Waals surface area contributed by atoms with Crippen LogP contribution < -0.4 is 0 Å². The second-order valence-corrected chi connectivity index (χ2v) is 7.23. The fourth-order valence-corrected chi connectivity index (χ4v) is 3.21. The normalized spacial score (nSPS) is 10.9. The maximum atomic E-state index is 13.8. The third kappa shape index (κ3) is 4.20. The standard InChI is InChI=1S/C21H20FNO4S/c1-13-16-5-4-6-17(22)20(16)27-19(13)21(25)26-12-18(24)23(2)11-14-7-9-15(28-3)10-8-14/h4-10H,11-12H2,1-3H3. The number of rotatable bonds is 6. The Morgan fingerprint density at radius 2 is 1.89 bits per heavy atom. The Balaban J connectivity index is 1.61. The van der Waals surface area contributed by atoms with E-state index in [1.165, 1.54) is 11.0 Å². The number of carbonyl (C=O) groups is 2. The van der Waals surface area contributed by atoms with Gasteiger partial charge in [-0.25, -0.2) is 9.18 Å². The molecule has 0 saturated heterocycles. The first kappa shape index (κ1) is 19.9. The van der Waals surface area contributed by atoms with E-state index in [0.717, 1.165) is 10.5 Å². The van der Waals surface area contributed by atoms with Crippen LogP contribution in [-0.4, -0.2) is 36.7 Å². The molecule has 0 aliphatic heterocycles. The Morgan fingerprint density at radius 1 is 1.18 bits per heavy atom. The number of ether oxygens (including phenoxy) is 1. The first-order valence-corrected chi connectivity index (χ1v) is 9.84. The number of fused-ring (bicyclic) bond motifs is 1. The summed E-state index contributed by atoms with van der Waals surface area (Å²) in [7, 11) is 1.64. The van der Waals surface area contributed by atoms with E-state index in [4.69, 9.17) is 9.15 Å². The van der Waals surface area contributed by atoms with Crippen molar-refractivity contribution in [3.8, 4) is 0 Å². The molecule has 1 aromatic heterocycles. The highest BCUT2D eigenvalue weighted by Gasteiger charge is 2.22. The fraction of sp³-hybridized carbons (Fsp3) is 0.238. The van der Waals surface area contributed by atoms with Crippen molar-refractivity contribution in [2.24, 2.45) is 0 Å². The van der Waals surface area contributed by atoms with E-state index in [-0.39, 0.29) is 17.3 Å². The number of hydrogen-bond acceptors (Lipinski definition) is 5. The largest absolute Gasteiger partial charge is 0.450 e. The molecular formula is C21H20FNO4S. The smallest absolute Gasteiger partial charge is 0.375 e.